The van der Waals surface area contributed by atoms with E-state index in [1.165, 1.54) is 12.1 Å². The Hall–Kier alpha value is -1.49. The van der Waals surface area contributed by atoms with Crippen LogP contribution in [0.1, 0.15) is 31.7 Å². The molecule has 0 spiro atoms. The Labute approximate surface area is 111 Å². The molecule has 0 aliphatic heterocycles. The molecular formula is C14H18F2N2O. The maximum atomic E-state index is 13.6. The molecule has 1 atom stereocenters. The van der Waals surface area contributed by atoms with E-state index in [4.69, 9.17) is 5.73 Å². The van der Waals surface area contributed by atoms with E-state index in [-0.39, 0.29) is 18.5 Å². The largest absolute Gasteiger partial charge is 0.334 e. The molecular weight excluding hydrogens is 250 g/mol. The number of carbonyl (C=O) groups is 1. The smallest absolute Gasteiger partial charge is 0.240 e. The molecule has 0 radical (unpaired) electrons. The lowest BCUT2D eigenvalue weighted by Crippen LogP contribution is -2.44. The van der Waals surface area contributed by atoms with Gasteiger partial charge >= 0.3 is 0 Å². The molecule has 3 nitrogen and oxygen atoms in total. The number of hydrogen-bond acceptors (Lipinski definition) is 2. The second kappa shape index (κ2) is 5.65. The first-order valence-electron chi connectivity index (χ1n) is 6.53. The van der Waals surface area contributed by atoms with Crippen LogP contribution in [0.15, 0.2) is 18.2 Å². The summed E-state index contributed by atoms with van der Waals surface area (Å²) in [6, 6.07) is 3.02. The van der Waals surface area contributed by atoms with Crippen molar-refractivity contribution in [3.05, 3.63) is 35.4 Å². The van der Waals surface area contributed by atoms with Crippen molar-refractivity contribution in [2.24, 2.45) is 5.73 Å². The van der Waals surface area contributed by atoms with Crippen LogP contribution < -0.4 is 5.73 Å². The minimum atomic E-state index is -0.622. The van der Waals surface area contributed by atoms with Gasteiger partial charge in [-0.25, -0.2) is 8.78 Å². The van der Waals surface area contributed by atoms with Gasteiger partial charge in [0, 0.05) is 24.2 Å². The number of halogens is 2. The molecule has 1 aromatic rings. The fourth-order valence-corrected chi connectivity index (χ4v) is 1.99. The van der Waals surface area contributed by atoms with Crippen molar-refractivity contribution in [2.75, 3.05) is 0 Å². The van der Waals surface area contributed by atoms with E-state index in [1.54, 1.807) is 4.90 Å². The quantitative estimate of drug-likeness (QED) is 0.889. The van der Waals surface area contributed by atoms with Crippen molar-refractivity contribution in [1.29, 1.82) is 0 Å². The Bertz CT molecular complexity index is 475. The Morgan fingerprint density at radius 2 is 2.16 bits per heavy atom. The standard InChI is InChI=1S/C14H18F2N2O/c1-2-13(17)14(19)18(11-5-6-11)8-9-3-4-10(15)7-12(9)16/h3-4,7,11,13H,2,5-6,8,17H2,1H3/t13-/m0/s1. The Kier molecular flexibility index (Phi) is 4.14. The Balaban J connectivity index is 2.14. The molecule has 1 aliphatic carbocycles. The van der Waals surface area contributed by atoms with Crippen LogP contribution >= 0.6 is 0 Å². The molecule has 104 valence electrons. The van der Waals surface area contributed by atoms with Gasteiger partial charge < -0.3 is 10.6 Å². The molecule has 5 heteroatoms. The predicted octanol–water partition coefficient (Wildman–Crippen LogP) is 2.19. The van der Waals surface area contributed by atoms with Crippen molar-refractivity contribution >= 4 is 5.91 Å². The normalized spacial score (nSPS) is 16.2. The highest BCUT2D eigenvalue weighted by Gasteiger charge is 2.34. The molecule has 0 heterocycles. The topological polar surface area (TPSA) is 46.3 Å². The number of nitrogens with two attached hydrogens (primary N) is 1. The van der Waals surface area contributed by atoms with E-state index in [0.717, 1.165) is 18.9 Å². The number of hydrogen-bond donors (Lipinski definition) is 1. The van der Waals surface area contributed by atoms with Crippen molar-refractivity contribution < 1.29 is 13.6 Å². The molecule has 1 saturated carbocycles. The molecule has 0 saturated heterocycles. The highest BCUT2D eigenvalue weighted by Crippen LogP contribution is 2.29. The van der Waals surface area contributed by atoms with Crippen LogP contribution in [-0.2, 0) is 11.3 Å². The monoisotopic (exact) mass is 268 g/mol. The van der Waals surface area contributed by atoms with Gasteiger partial charge in [-0.3, -0.25) is 4.79 Å². The average molecular weight is 268 g/mol. The van der Waals surface area contributed by atoms with Crippen LogP contribution in [0, 0.1) is 11.6 Å². The zero-order valence-corrected chi connectivity index (χ0v) is 10.9. The minimum Gasteiger partial charge on any atom is -0.334 e. The van der Waals surface area contributed by atoms with E-state index in [2.05, 4.69) is 0 Å². The maximum absolute atomic E-state index is 13.6. The number of benzene rings is 1. The highest BCUT2D eigenvalue weighted by molar-refractivity contribution is 5.82. The van der Waals surface area contributed by atoms with Crippen molar-refractivity contribution in [3.8, 4) is 0 Å². The minimum absolute atomic E-state index is 0.148. The van der Waals surface area contributed by atoms with Crippen LogP contribution in [0.2, 0.25) is 0 Å². The zero-order valence-electron chi connectivity index (χ0n) is 10.9. The summed E-state index contributed by atoms with van der Waals surface area (Å²) in [6.07, 6.45) is 2.39. The molecule has 1 amide bonds. The number of carbonyl (C=O) groups excluding carboxylic acids is 1. The highest BCUT2D eigenvalue weighted by atomic mass is 19.1. The summed E-state index contributed by atoms with van der Waals surface area (Å²) < 4.78 is 26.5. The van der Waals surface area contributed by atoms with Gasteiger partial charge in [-0.1, -0.05) is 13.0 Å². The first-order chi connectivity index (χ1) is 9.02. The summed E-state index contributed by atoms with van der Waals surface area (Å²) in [6.45, 7) is 2.00. The van der Waals surface area contributed by atoms with Crippen molar-refractivity contribution in [3.63, 3.8) is 0 Å². The van der Waals surface area contributed by atoms with Gasteiger partial charge in [-0.05, 0) is 25.3 Å². The third kappa shape index (κ3) is 3.29. The van der Waals surface area contributed by atoms with Gasteiger partial charge in [0.1, 0.15) is 11.6 Å². The molecule has 1 aliphatic rings. The summed E-state index contributed by atoms with van der Waals surface area (Å²) in [5, 5.41) is 0. The SMILES string of the molecule is CC[C@H](N)C(=O)N(Cc1ccc(F)cc1F)C1CC1. The van der Waals surface area contributed by atoms with Crippen LogP contribution in [-0.4, -0.2) is 22.9 Å². The fourth-order valence-electron chi connectivity index (χ4n) is 1.99. The van der Waals surface area contributed by atoms with E-state index in [1.807, 2.05) is 6.92 Å². The van der Waals surface area contributed by atoms with Crippen LogP contribution in [0.3, 0.4) is 0 Å². The van der Waals surface area contributed by atoms with Crippen molar-refractivity contribution in [2.45, 2.75) is 44.8 Å². The number of nitrogens with zero attached hydrogens (tertiary/aromatic N) is 1. The van der Waals surface area contributed by atoms with E-state index in [0.29, 0.717) is 12.0 Å². The summed E-state index contributed by atoms with van der Waals surface area (Å²) in [5.74, 6) is -1.40. The first-order valence-corrected chi connectivity index (χ1v) is 6.53. The summed E-state index contributed by atoms with van der Waals surface area (Å²) >= 11 is 0. The van der Waals surface area contributed by atoms with E-state index < -0.39 is 17.7 Å². The van der Waals surface area contributed by atoms with Gasteiger partial charge in [0.15, 0.2) is 0 Å². The summed E-state index contributed by atoms with van der Waals surface area (Å²) in [4.78, 5) is 13.8. The molecule has 19 heavy (non-hydrogen) atoms. The molecule has 2 rings (SSSR count). The fraction of sp³-hybridized carbons (Fsp3) is 0.500. The predicted molar refractivity (Wildman–Crippen MR) is 68.2 cm³/mol. The number of rotatable bonds is 5. The lowest BCUT2D eigenvalue weighted by atomic mass is 10.1. The second-order valence-corrected chi connectivity index (χ2v) is 4.95. The lowest BCUT2D eigenvalue weighted by molar-refractivity contribution is -0.133. The van der Waals surface area contributed by atoms with Crippen LogP contribution in [0.25, 0.3) is 0 Å². The Morgan fingerprint density at radius 1 is 1.47 bits per heavy atom. The second-order valence-electron chi connectivity index (χ2n) is 4.95. The molecule has 1 aromatic carbocycles. The summed E-state index contributed by atoms with van der Waals surface area (Å²) in [7, 11) is 0. The van der Waals surface area contributed by atoms with Crippen molar-refractivity contribution in [1.82, 2.24) is 4.90 Å². The third-order valence-electron chi connectivity index (χ3n) is 3.38. The van der Waals surface area contributed by atoms with Crippen LogP contribution in [0.4, 0.5) is 8.78 Å². The third-order valence-corrected chi connectivity index (χ3v) is 3.38. The van der Waals surface area contributed by atoms with Crippen LogP contribution in [0.5, 0.6) is 0 Å². The summed E-state index contributed by atoms with van der Waals surface area (Å²) in [5.41, 5.74) is 6.08. The van der Waals surface area contributed by atoms with E-state index in [9.17, 15) is 13.6 Å². The molecule has 0 aromatic heterocycles. The zero-order chi connectivity index (χ0) is 14.0. The molecule has 2 N–H and O–H groups in total. The molecule has 0 unspecified atom stereocenters. The van der Waals surface area contributed by atoms with Gasteiger partial charge in [0.05, 0.1) is 6.04 Å². The van der Waals surface area contributed by atoms with Gasteiger partial charge in [0.2, 0.25) is 5.91 Å². The number of amides is 1. The van der Waals surface area contributed by atoms with E-state index >= 15 is 0 Å². The van der Waals surface area contributed by atoms with Gasteiger partial charge in [-0.2, -0.15) is 0 Å². The van der Waals surface area contributed by atoms with Gasteiger partial charge in [0.25, 0.3) is 0 Å². The lowest BCUT2D eigenvalue weighted by Gasteiger charge is -2.25. The molecule has 0 bridgehead atoms. The Morgan fingerprint density at radius 3 is 2.68 bits per heavy atom. The van der Waals surface area contributed by atoms with Gasteiger partial charge in [-0.15, -0.1) is 0 Å². The molecule has 1 fully saturated rings. The average Bonchev–Trinajstić information content (AvgIpc) is 3.20. The maximum Gasteiger partial charge on any atom is 0.240 e. The first kappa shape index (κ1) is 13.9.